The zero-order valence-corrected chi connectivity index (χ0v) is 12.6. The molecule has 0 aromatic heterocycles. The van der Waals surface area contributed by atoms with Gasteiger partial charge in [0.15, 0.2) is 11.6 Å². The minimum Gasteiger partial charge on any atom is -0.387 e. The second-order valence-electron chi connectivity index (χ2n) is 5.31. The molecule has 22 heavy (non-hydrogen) atoms. The van der Waals surface area contributed by atoms with Crippen molar-refractivity contribution in [2.75, 3.05) is 39.3 Å². The standard InChI is InChI=1S/C15H21F2N3O2/c1-2-18-15(22)20-7-5-19(6-8-20)10-14(21)11-3-4-12(16)13(17)9-11/h3-4,9,14,21H,2,5-8,10H2,1H3,(H,18,22). The first-order valence-corrected chi connectivity index (χ1v) is 7.39. The Morgan fingerprint density at radius 3 is 2.55 bits per heavy atom. The van der Waals surface area contributed by atoms with E-state index in [0.717, 1.165) is 12.1 Å². The van der Waals surface area contributed by atoms with Crippen molar-refractivity contribution in [3.05, 3.63) is 35.4 Å². The largest absolute Gasteiger partial charge is 0.387 e. The van der Waals surface area contributed by atoms with Gasteiger partial charge in [-0.15, -0.1) is 0 Å². The molecule has 2 rings (SSSR count). The Balaban J connectivity index is 1.85. The van der Waals surface area contributed by atoms with Gasteiger partial charge >= 0.3 is 6.03 Å². The van der Waals surface area contributed by atoms with Gasteiger partial charge < -0.3 is 15.3 Å². The highest BCUT2D eigenvalue weighted by Gasteiger charge is 2.22. The lowest BCUT2D eigenvalue weighted by molar-refractivity contribution is 0.0808. The number of piperazine rings is 1. The summed E-state index contributed by atoms with van der Waals surface area (Å²) in [5.74, 6) is -1.89. The van der Waals surface area contributed by atoms with Crippen molar-refractivity contribution in [2.24, 2.45) is 0 Å². The summed E-state index contributed by atoms with van der Waals surface area (Å²) in [5, 5.41) is 12.9. The van der Waals surface area contributed by atoms with Crippen molar-refractivity contribution in [1.82, 2.24) is 15.1 Å². The van der Waals surface area contributed by atoms with E-state index in [1.807, 2.05) is 11.8 Å². The number of urea groups is 1. The Hall–Kier alpha value is -1.73. The van der Waals surface area contributed by atoms with Crippen LogP contribution >= 0.6 is 0 Å². The number of amides is 2. The fourth-order valence-corrected chi connectivity index (χ4v) is 2.47. The predicted octanol–water partition coefficient (Wildman–Crippen LogP) is 1.35. The highest BCUT2D eigenvalue weighted by molar-refractivity contribution is 5.74. The van der Waals surface area contributed by atoms with Crippen molar-refractivity contribution in [1.29, 1.82) is 0 Å². The zero-order chi connectivity index (χ0) is 16.1. The second-order valence-corrected chi connectivity index (χ2v) is 5.31. The van der Waals surface area contributed by atoms with Crippen LogP contribution in [0.4, 0.5) is 13.6 Å². The number of nitrogens with zero attached hydrogens (tertiary/aromatic N) is 2. The van der Waals surface area contributed by atoms with E-state index >= 15 is 0 Å². The van der Waals surface area contributed by atoms with E-state index in [1.54, 1.807) is 4.90 Å². The number of hydrogen-bond acceptors (Lipinski definition) is 3. The lowest BCUT2D eigenvalue weighted by atomic mass is 10.1. The maximum absolute atomic E-state index is 13.2. The number of aliphatic hydroxyl groups excluding tert-OH is 1. The molecule has 1 fully saturated rings. The summed E-state index contributed by atoms with van der Waals surface area (Å²) in [5.41, 5.74) is 0.352. The van der Waals surface area contributed by atoms with Crippen molar-refractivity contribution in [2.45, 2.75) is 13.0 Å². The molecule has 0 radical (unpaired) electrons. The van der Waals surface area contributed by atoms with E-state index in [9.17, 15) is 18.7 Å². The third-order valence-corrected chi connectivity index (χ3v) is 3.75. The molecule has 1 heterocycles. The van der Waals surface area contributed by atoms with Gasteiger partial charge in [0.25, 0.3) is 0 Å². The number of halogens is 2. The van der Waals surface area contributed by atoms with Crippen LogP contribution in [0.15, 0.2) is 18.2 Å². The fraction of sp³-hybridized carbons (Fsp3) is 0.533. The van der Waals surface area contributed by atoms with Crippen LogP contribution < -0.4 is 5.32 Å². The van der Waals surface area contributed by atoms with Crippen molar-refractivity contribution in [3.8, 4) is 0 Å². The molecule has 1 unspecified atom stereocenters. The molecular weight excluding hydrogens is 292 g/mol. The first kappa shape index (κ1) is 16.6. The SMILES string of the molecule is CCNC(=O)N1CCN(CC(O)c2ccc(F)c(F)c2)CC1. The third-order valence-electron chi connectivity index (χ3n) is 3.75. The quantitative estimate of drug-likeness (QED) is 0.882. The number of carbonyl (C=O) groups excluding carboxylic acids is 1. The number of aliphatic hydroxyl groups is 1. The average Bonchev–Trinajstić information content (AvgIpc) is 2.51. The van der Waals surface area contributed by atoms with Gasteiger partial charge in [0.1, 0.15) is 0 Å². The minimum atomic E-state index is -0.961. The van der Waals surface area contributed by atoms with Crippen LogP contribution in [0.2, 0.25) is 0 Å². The Labute approximate surface area is 128 Å². The van der Waals surface area contributed by atoms with E-state index in [1.165, 1.54) is 6.07 Å². The van der Waals surface area contributed by atoms with Crippen LogP contribution in [0.1, 0.15) is 18.6 Å². The molecule has 1 saturated heterocycles. The summed E-state index contributed by atoms with van der Waals surface area (Å²) < 4.78 is 26.1. The zero-order valence-electron chi connectivity index (χ0n) is 12.6. The third kappa shape index (κ3) is 4.14. The molecular formula is C15H21F2N3O2. The summed E-state index contributed by atoms with van der Waals surface area (Å²) in [4.78, 5) is 15.4. The smallest absolute Gasteiger partial charge is 0.317 e. The van der Waals surface area contributed by atoms with Gasteiger partial charge in [0.05, 0.1) is 6.10 Å². The van der Waals surface area contributed by atoms with Crippen molar-refractivity contribution in [3.63, 3.8) is 0 Å². The summed E-state index contributed by atoms with van der Waals surface area (Å²) in [7, 11) is 0. The first-order chi connectivity index (χ1) is 10.5. The molecule has 1 aromatic carbocycles. The van der Waals surface area contributed by atoms with Gasteiger partial charge in [-0.25, -0.2) is 13.6 Å². The van der Waals surface area contributed by atoms with E-state index < -0.39 is 17.7 Å². The number of benzene rings is 1. The molecule has 1 aromatic rings. The van der Waals surface area contributed by atoms with Gasteiger partial charge in [0, 0.05) is 39.3 Å². The van der Waals surface area contributed by atoms with Gasteiger partial charge in [-0.05, 0) is 24.6 Å². The van der Waals surface area contributed by atoms with Crippen molar-refractivity contribution < 1.29 is 18.7 Å². The van der Waals surface area contributed by atoms with E-state index in [-0.39, 0.29) is 6.03 Å². The minimum absolute atomic E-state index is 0.0803. The first-order valence-electron chi connectivity index (χ1n) is 7.39. The molecule has 122 valence electrons. The average molecular weight is 313 g/mol. The lowest BCUT2D eigenvalue weighted by Gasteiger charge is -2.35. The summed E-state index contributed by atoms with van der Waals surface area (Å²) >= 11 is 0. The molecule has 1 atom stereocenters. The predicted molar refractivity (Wildman–Crippen MR) is 78.4 cm³/mol. The van der Waals surface area contributed by atoms with E-state index in [0.29, 0.717) is 44.8 Å². The molecule has 0 aliphatic carbocycles. The maximum Gasteiger partial charge on any atom is 0.317 e. The Morgan fingerprint density at radius 2 is 1.95 bits per heavy atom. The van der Waals surface area contributed by atoms with Crippen LogP contribution in [-0.4, -0.2) is 60.2 Å². The molecule has 2 amide bonds. The number of hydrogen-bond donors (Lipinski definition) is 2. The highest BCUT2D eigenvalue weighted by atomic mass is 19.2. The lowest BCUT2D eigenvalue weighted by Crippen LogP contribution is -2.52. The number of carbonyl (C=O) groups is 1. The number of nitrogens with one attached hydrogen (secondary N) is 1. The van der Waals surface area contributed by atoms with Crippen LogP contribution in [0.5, 0.6) is 0 Å². The normalized spacial score (nSPS) is 17.4. The van der Waals surface area contributed by atoms with Crippen LogP contribution in [0.25, 0.3) is 0 Å². The van der Waals surface area contributed by atoms with Crippen LogP contribution in [0.3, 0.4) is 0 Å². The van der Waals surface area contributed by atoms with Gasteiger partial charge in [-0.2, -0.15) is 0 Å². The van der Waals surface area contributed by atoms with Crippen LogP contribution in [0, 0.1) is 11.6 Å². The highest BCUT2D eigenvalue weighted by Crippen LogP contribution is 2.18. The Morgan fingerprint density at radius 1 is 1.27 bits per heavy atom. The summed E-state index contributed by atoms with van der Waals surface area (Å²) in [6.07, 6.45) is -0.883. The van der Waals surface area contributed by atoms with E-state index in [2.05, 4.69) is 5.32 Å². The second kappa shape index (κ2) is 7.51. The summed E-state index contributed by atoms with van der Waals surface area (Å²) in [6, 6.07) is 3.34. The number of rotatable bonds is 4. The molecule has 0 bridgehead atoms. The van der Waals surface area contributed by atoms with E-state index in [4.69, 9.17) is 0 Å². The Bertz CT molecular complexity index is 520. The van der Waals surface area contributed by atoms with Crippen LogP contribution in [-0.2, 0) is 0 Å². The molecule has 0 saturated carbocycles. The van der Waals surface area contributed by atoms with Gasteiger partial charge in [-0.1, -0.05) is 6.07 Å². The Kier molecular flexibility index (Phi) is 5.68. The number of β-amino-alcohol motifs (C(OH)–C–C–N with tert-alkyl or cyclic N) is 1. The van der Waals surface area contributed by atoms with Gasteiger partial charge in [0.2, 0.25) is 0 Å². The molecule has 7 heteroatoms. The topological polar surface area (TPSA) is 55.8 Å². The fourth-order valence-electron chi connectivity index (χ4n) is 2.47. The monoisotopic (exact) mass is 313 g/mol. The molecule has 5 nitrogen and oxygen atoms in total. The van der Waals surface area contributed by atoms with Gasteiger partial charge in [-0.3, -0.25) is 4.90 Å². The maximum atomic E-state index is 13.2. The molecule has 0 spiro atoms. The molecule has 2 N–H and O–H groups in total. The molecule has 1 aliphatic heterocycles. The molecule has 1 aliphatic rings. The summed E-state index contributed by atoms with van der Waals surface area (Å²) in [6.45, 7) is 5.22. The van der Waals surface area contributed by atoms with Crippen molar-refractivity contribution >= 4 is 6.03 Å².